The molecular formula is C23H23Cl2FN4O3. The van der Waals surface area contributed by atoms with Gasteiger partial charge in [-0.2, -0.15) is 0 Å². The summed E-state index contributed by atoms with van der Waals surface area (Å²) in [4.78, 5) is 19.1. The molecule has 0 aliphatic carbocycles. The minimum absolute atomic E-state index is 0.0224. The van der Waals surface area contributed by atoms with Crippen molar-refractivity contribution < 1.29 is 19.0 Å². The van der Waals surface area contributed by atoms with Crippen LogP contribution in [0, 0.1) is 5.82 Å². The number of carbonyl (C=O) groups excluding carboxylic acids is 1. The molecule has 7 nitrogen and oxygen atoms in total. The zero-order valence-electron chi connectivity index (χ0n) is 17.7. The Hall–Kier alpha value is -2.49. The third kappa shape index (κ3) is 6.31. The Labute approximate surface area is 200 Å². The number of hydrazine groups is 1. The number of nitrogens with one attached hydrogen (secondary N) is 1. The molecule has 2 aromatic carbocycles. The van der Waals surface area contributed by atoms with E-state index in [9.17, 15) is 14.3 Å². The highest BCUT2D eigenvalue weighted by Crippen LogP contribution is 2.21. The van der Waals surface area contributed by atoms with Gasteiger partial charge in [-0.3, -0.25) is 15.1 Å². The summed E-state index contributed by atoms with van der Waals surface area (Å²) in [5, 5.41) is 13.6. The summed E-state index contributed by atoms with van der Waals surface area (Å²) in [6.07, 6.45) is -0.736. The monoisotopic (exact) mass is 492 g/mol. The van der Waals surface area contributed by atoms with Crippen LogP contribution in [0.4, 0.5) is 4.39 Å². The van der Waals surface area contributed by atoms with Gasteiger partial charge in [0, 0.05) is 49.2 Å². The molecule has 4 rings (SSSR count). The maximum absolute atomic E-state index is 13.5. The van der Waals surface area contributed by atoms with Crippen molar-refractivity contribution in [1.29, 1.82) is 0 Å². The number of pyridine rings is 1. The van der Waals surface area contributed by atoms with Crippen LogP contribution in [-0.4, -0.2) is 71.3 Å². The van der Waals surface area contributed by atoms with E-state index >= 15 is 0 Å². The summed E-state index contributed by atoms with van der Waals surface area (Å²) < 4.78 is 18.9. The number of carbonyl (C=O) groups is 1. The molecule has 2 heterocycles. The molecule has 1 amide bonds. The van der Waals surface area contributed by atoms with Crippen molar-refractivity contribution in [3.05, 3.63) is 70.1 Å². The van der Waals surface area contributed by atoms with Gasteiger partial charge in [0.2, 0.25) is 0 Å². The van der Waals surface area contributed by atoms with Crippen LogP contribution in [0.15, 0.2) is 48.5 Å². The number of fused-ring (bicyclic) bond motifs is 1. The summed E-state index contributed by atoms with van der Waals surface area (Å²) in [5.74, 6) is -0.525. The fourth-order valence-corrected chi connectivity index (χ4v) is 3.87. The Bertz CT molecular complexity index is 1140. The Balaban J connectivity index is 1.22. The summed E-state index contributed by atoms with van der Waals surface area (Å²) in [5.41, 5.74) is 3.92. The number of ether oxygens (including phenoxy) is 1. The molecule has 0 saturated carbocycles. The minimum Gasteiger partial charge on any atom is -0.491 e. The van der Waals surface area contributed by atoms with Crippen LogP contribution >= 0.6 is 23.2 Å². The van der Waals surface area contributed by atoms with Crippen molar-refractivity contribution in [3.8, 4) is 5.75 Å². The fourth-order valence-electron chi connectivity index (χ4n) is 3.58. The van der Waals surface area contributed by atoms with Gasteiger partial charge in [-0.1, -0.05) is 29.3 Å². The molecule has 1 aliphatic heterocycles. The lowest BCUT2D eigenvalue weighted by Crippen LogP contribution is -2.55. The number of piperazine rings is 1. The van der Waals surface area contributed by atoms with E-state index in [4.69, 9.17) is 27.9 Å². The van der Waals surface area contributed by atoms with Crippen molar-refractivity contribution in [2.45, 2.75) is 6.10 Å². The van der Waals surface area contributed by atoms with E-state index < -0.39 is 11.9 Å². The summed E-state index contributed by atoms with van der Waals surface area (Å²) in [7, 11) is 0. The van der Waals surface area contributed by atoms with Gasteiger partial charge in [-0.05, 0) is 36.4 Å². The van der Waals surface area contributed by atoms with Crippen LogP contribution in [0.3, 0.4) is 0 Å². The van der Waals surface area contributed by atoms with Crippen molar-refractivity contribution in [2.75, 3.05) is 39.3 Å². The van der Waals surface area contributed by atoms with Gasteiger partial charge in [-0.25, -0.2) is 14.4 Å². The van der Waals surface area contributed by atoms with Crippen LogP contribution in [0.25, 0.3) is 10.9 Å². The van der Waals surface area contributed by atoms with Gasteiger partial charge >= 0.3 is 0 Å². The quantitative estimate of drug-likeness (QED) is 0.526. The highest BCUT2D eigenvalue weighted by molar-refractivity contribution is 6.31. The number of β-amino-alcohol motifs (C(OH)–C–C–N with tert-alkyl or cyclic N) is 1. The average molecular weight is 493 g/mol. The van der Waals surface area contributed by atoms with Gasteiger partial charge in [-0.15, -0.1) is 0 Å². The van der Waals surface area contributed by atoms with Gasteiger partial charge in [0.15, 0.2) is 0 Å². The first-order valence-electron chi connectivity index (χ1n) is 10.5. The van der Waals surface area contributed by atoms with E-state index in [1.165, 1.54) is 12.1 Å². The Morgan fingerprint density at radius 2 is 1.91 bits per heavy atom. The minimum atomic E-state index is -0.736. The maximum Gasteiger partial charge on any atom is 0.284 e. The van der Waals surface area contributed by atoms with Crippen LogP contribution in [0.2, 0.25) is 10.0 Å². The number of benzene rings is 2. The highest BCUT2D eigenvalue weighted by Gasteiger charge is 2.21. The number of nitrogens with zero attached hydrogens (tertiary/aromatic N) is 3. The first-order chi connectivity index (χ1) is 15.9. The van der Waals surface area contributed by atoms with E-state index in [0.717, 1.165) is 5.39 Å². The number of hydrogen-bond donors (Lipinski definition) is 2. The van der Waals surface area contributed by atoms with Gasteiger partial charge < -0.3 is 9.84 Å². The number of rotatable bonds is 7. The maximum atomic E-state index is 13.5. The lowest BCUT2D eigenvalue weighted by Gasteiger charge is -2.35. The fraction of sp³-hybridized carbons (Fsp3) is 0.304. The highest BCUT2D eigenvalue weighted by atomic mass is 35.5. The van der Waals surface area contributed by atoms with Crippen LogP contribution in [-0.2, 0) is 0 Å². The molecule has 3 aromatic rings. The lowest BCUT2D eigenvalue weighted by molar-refractivity contribution is 0.0315. The Morgan fingerprint density at radius 1 is 1.12 bits per heavy atom. The van der Waals surface area contributed by atoms with E-state index in [0.29, 0.717) is 54.7 Å². The molecule has 2 N–H and O–H groups in total. The average Bonchev–Trinajstić information content (AvgIpc) is 2.80. The first-order valence-corrected chi connectivity index (χ1v) is 11.2. The molecule has 174 valence electrons. The zero-order valence-corrected chi connectivity index (χ0v) is 19.2. The third-order valence-corrected chi connectivity index (χ3v) is 5.86. The molecule has 1 atom stereocenters. The molecule has 1 fully saturated rings. The van der Waals surface area contributed by atoms with Gasteiger partial charge in [0.25, 0.3) is 5.91 Å². The number of amides is 1. The van der Waals surface area contributed by atoms with Crippen LogP contribution in [0.5, 0.6) is 5.75 Å². The molecule has 1 unspecified atom stereocenters. The van der Waals surface area contributed by atoms with Crippen molar-refractivity contribution in [2.24, 2.45) is 0 Å². The van der Waals surface area contributed by atoms with Gasteiger partial charge in [0.05, 0.1) is 10.5 Å². The number of halogens is 3. The summed E-state index contributed by atoms with van der Waals surface area (Å²) in [6.45, 7) is 2.98. The number of aliphatic hydroxyl groups is 1. The Kier molecular flexibility index (Phi) is 7.62. The van der Waals surface area contributed by atoms with E-state index in [1.807, 2.05) is 11.1 Å². The van der Waals surface area contributed by atoms with E-state index in [-0.39, 0.29) is 17.5 Å². The normalized spacial score (nSPS) is 16.0. The van der Waals surface area contributed by atoms with E-state index in [2.05, 4.69) is 15.3 Å². The molecule has 1 aliphatic rings. The van der Waals surface area contributed by atoms with Crippen molar-refractivity contribution >= 4 is 40.0 Å². The third-order valence-electron chi connectivity index (χ3n) is 5.32. The standard InChI is InChI=1S/C23H23Cl2FN4O3/c24-16-2-6-21-15(11-16)1-5-22(27-21)23(32)28-30-9-7-29(8-10-30)13-17(31)14-33-18-3-4-19(25)20(26)12-18/h1-6,11-12,17,31H,7-10,13-14H2,(H,28,32). The number of aromatic nitrogens is 1. The van der Waals surface area contributed by atoms with E-state index in [1.54, 1.807) is 30.3 Å². The molecule has 1 saturated heterocycles. The number of hydrogen-bond acceptors (Lipinski definition) is 6. The summed E-state index contributed by atoms with van der Waals surface area (Å²) >= 11 is 11.6. The van der Waals surface area contributed by atoms with Crippen molar-refractivity contribution in [3.63, 3.8) is 0 Å². The topological polar surface area (TPSA) is 77.9 Å². The zero-order chi connectivity index (χ0) is 23.4. The molecule has 0 spiro atoms. The first kappa shape index (κ1) is 23.7. The predicted octanol–water partition coefficient (Wildman–Crippen LogP) is 3.38. The SMILES string of the molecule is O=C(NN1CCN(CC(O)COc2ccc(Cl)c(F)c2)CC1)c1ccc2cc(Cl)ccc2n1. The predicted molar refractivity (Wildman–Crippen MR) is 125 cm³/mol. The largest absolute Gasteiger partial charge is 0.491 e. The summed E-state index contributed by atoms with van der Waals surface area (Å²) in [6, 6.07) is 13.0. The molecule has 33 heavy (non-hydrogen) atoms. The molecule has 10 heteroatoms. The molecule has 0 bridgehead atoms. The second-order valence-corrected chi connectivity index (χ2v) is 8.65. The molecular weight excluding hydrogens is 470 g/mol. The second-order valence-electron chi connectivity index (χ2n) is 7.80. The van der Waals surface area contributed by atoms with Gasteiger partial charge in [0.1, 0.15) is 30.0 Å². The molecule has 0 radical (unpaired) electrons. The number of aliphatic hydroxyl groups excluding tert-OH is 1. The van der Waals surface area contributed by atoms with Crippen molar-refractivity contribution in [1.82, 2.24) is 20.3 Å². The lowest BCUT2D eigenvalue weighted by atomic mass is 10.2. The van der Waals surface area contributed by atoms with Crippen LogP contribution < -0.4 is 10.2 Å². The Morgan fingerprint density at radius 3 is 2.67 bits per heavy atom. The molecule has 1 aromatic heterocycles. The smallest absolute Gasteiger partial charge is 0.284 e. The van der Waals surface area contributed by atoms with Crippen LogP contribution in [0.1, 0.15) is 10.5 Å². The second kappa shape index (κ2) is 10.6.